The molecule has 1 aromatic carbocycles. The summed E-state index contributed by atoms with van der Waals surface area (Å²) in [6, 6.07) is 6.88. The number of hydrogen-bond acceptors (Lipinski definition) is 2. The van der Waals surface area contributed by atoms with Crippen LogP contribution in [0.2, 0.25) is 0 Å². The highest BCUT2D eigenvalue weighted by Gasteiger charge is 2.36. The number of nitrogens with zero attached hydrogens (tertiary/aromatic N) is 1. The van der Waals surface area contributed by atoms with E-state index >= 15 is 0 Å². The van der Waals surface area contributed by atoms with Gasteiger partial charge in [-0.3, -0.25) is 5.32 Å². The zero-order valence-corrected chi connectivity index (χ0v) is 8.83. The molecule has 5 heteroatoms. The van der Waals surface area contributed by atoms with E-state index in [1.807, 2.05) is 12.2 Å². The maximum absolute atomic E-state index is 13.5. The molecule has 0 saturated carbocycles. The first-order valence-electron chi connectivity index (χ1n) is 5.09. The molecule has 1 N–H and O–H groups in total. The first-order chi connectivity index (χ1) is 7.58. The normalized spacial score (nSPS) is 30.5. The highest BCUT2D eigenvalue weighted by atomic mass is 19.2. The average molecular weight is 230 g/mol. The summed E-state index contributed by atoms with van der Waals surface area (Å²) in [4.78, 5) is 1.09. The summed E-state index contributed by atoms with van der Waals surface area (Å²) in [6.45, 7) is 1.70. The van der Waals surface area contributed by atoms with Crippen molar-refractivity contribution in [3.63, 3.8) is 0 Å². The fraction of sp³-hybridized carbons (Fsp3) is 0.455. The number of piperazine rings is 1. The van der Waals surface area contributed by atoms with Gasteiger partial charge in [0.25, 0.3) is 0 Å². The summed E-state index contributed by atoms with van der Waals surface area (Å²) < 4.78 is 39.7. The molecule has 0 radical (unpaired) electrons. The third-order valence-electron chi connectivity index (χ3n) is 2.60. The van der Waals surface area contributed by atoms with Crippen LogP contribution in [-0.4, -0.2) is 25.4 Å². The van der Waals surface area contributed by atoms with Gasteiger partial charge in [-0.1, -0.05) is 17.7 Å². The van der Waals surface area contributed by atoms with Gasteiger partial charge in [0.2, 0.25) is 12.6 Å². The summed E-state index contributed by atoms with van der Waals surface area (Å²) in [6.07, 6.45) is -5.40. The maximum atomic E-state index is 13.5. The van der Waals surface area contributed by atoms with E-state index in [4.69, 9.17) is 0 Å². The summed E-state index contributed by atoms with van der Waals surface area (Å²) in [5, 5.41) is 1.89. The first kappa shape index (κ1) is 11.3. The summed E-state index contributed by atoms with van der Waals surface area (Å²) >= 11 is 0. The van der Waals surface area contributed by atoms with Crippen molar-refractivity contribution in [3.05, 3.63) is 29.8 Å². The number of nitrogens with one attached hydrogen (secondary N) is 1. The molecule has 0 aliphatic carbocycles. The Kier molecular flexibility index (Phi) is 3.05. The van der Waals surface area contributed by atoms with Crippen molar-refractivity contribution >= 4 is 5.69 Å². The van der Waals surface area contributed by atoms with Crippen LogP contribution in [0.25, 0.3) is 0 Å². The zero-order valence-electron chi connectivity index (χ0n) is 8.83. The van der Waals surface area contributed by atoms with Crippen LogP contribution in [0.4, 0.5) is 18.9 Å². The minimum Gasteiger partial charge on any atom is -0.334 e. The Labute approximate surface area is 92.1 Å². The Balaban J connectivity index is 2.21. The van der Waals surface area contributed by atoms with E-state index in [1.165, 1.54) is 0 Å². The van der Waals surface area contributed by atoms with Gasteiger partial charge >= 0.3 is 0 Å². The first-order valence-corrected chi connectivity index (χ1v) is 5.09. The van der Waals surface area contributed by atoms with E-state index in [0.717, 1.165) is 10.5 Å². The molecule has 3 atom stereocenters. The predicted molar refractivity (Wildman–Crippen MR) is 56.3 cm³/mol. The summed E-state index contributed by atoms with van der Waals surface area (Å²) in [5.74, 6) is 0. The lowest BCUT2D eigenvalue weighted by molar-refractivity contribution is 0.0535. The smallest absolute Gasteiger partial charge is 0.217 e. The molecule has 0 amide bonds. The van der Waals surface area contributed by atoms with Crippen LogP contribution in [0.3, 0.4) is 0 Å². The minimum absolute atomic E-state index is 0.190. The Morgan fingerprint density at radius 1 is 1.19 bits per heavy atom. The highest BCUT2D eigenvalue weighted by molar-refractivity contribution is 5.48. The standard InChI is InChI=1S/C11H13F3N2/c1-7-2-4-8(5-3-7)16-6-9(12)15-10(13)11(16)14/h2-5,9-11,15H,6H2,1H3. The second-order valence-electron chi connectivity index (χ2n) is 3.90. The van der Waals surface area contributed by atoms with Crippen molar-refractivity contribution in [2.45, 2.75) is 25.8 Å². The molecule has 2 rings (SSSR count). The van der Waals surface area contributed by atoms with Crippen LogP contribution >= 0.6 is 0 Å². The van der Waals surface area contributed by atoms with Crippen molar-refractivity contribution in [2.75, 3.05) is 11.4 Å². The zero-order chi connectivity index (χ0) is 11.7. The fourth-order valence-electron chi connectivity index (χ4n) is 1.72. The molecule has 1 heterocycles. The molecule has 1 saturated heterocycles. The lowest BCUT2D eigenvalue weighted by atomic mass is 10.2. The summed E-state index contributed by atoms with van der Waals surface area (Å²) in [7, 11) is 0. The largest absolute Gasteiger partial charge is 0.334 e. The van der Waals surface area contributed by atoms with Crippen LogP contribution in [0.5, 0.6) is 0 Å². The van der Waals surface area contributed by atoms with Gasteiger partial charge in [-0.15, -0.1) is 0 Å². The number of halogens is 3. The minimum atomic E-state index is -2.00. The molecule has 0 spiro atoms. The number of hydrogen-bond donors (Lipinski definition) is 1. The molecule has 0 aromatic heterocycles. The average Bonchev–Trinajstić information content (AvgIpc) is 2.25. The third-order valence-corrected chi connectivity index (χ3v) is 2.60. The van der Waals surface area contributed by atoms with Gasteiger partial charge in [-0.2, -0.15) is 0 Å². The van der Waals surface area contributed by atoms with Crippen LogP contribution in [0, 0.1) is 6.92 Å². The van der Waals surface area contributed by atoms with Crippen molar-refractivity contribution in [1.29, 1.82) is 0 Å². The third kappa shape index (κ3) is 2.14. The van der Waals surface area contributed by atoms with Gasteiger partial charge in [0, 0.05) is 5.69 Å². The predicted octanol–water partition coefficient (Wildman–Crippen LogP) is 2.29. The van der Waals surface area contributed by atoms with Crippen LogP contribution < -0.4 is 10.2 Å². The maximum Gasteiger partial charge on any atom is 0.217 e. The molecule has 0 bridgehead atoms. The van der Waals surface area contributed by atoms with Crippen molar-refractivity contribution in [2.24, 2.45) is 0 Å². The Morgan fingerprint density at radius 2 is 1.81 bits per heavy atom. The van der Waals surface area contributed by atoms with Gasteiger partial charge in [-0.25, -0.2) is 13.2 Å². The monoisotopic (exact) mass is 230 g/mol. The van der Waals surface area contributed by atoms with E-state index < -0.39 is 18.9 Å². The molecule has 1 aromatic rings. The molecule has 1 fully saturated rings. The number of anilines is 1. The van der Waals surface area contributed by atoms with Gasteiger partial charge in [-0.05, 0) is 19.1 Å². The molecule has 3 unspecified atom stereocenters. The number of benzene rings is 1. The van der Waals surface area contributed by atoms with Crippen LogP contribution in [0.1, 0.15) is 5.56 Å². The number of aryl methyl sites for hydroxylation is 1. The molecule has 2 nitrogen and oxygen atoms in total. The van der Waals surface area contributed by atoms with Gasteiger partial charge in [0.15, 0.2) is 6.30 Å². The highest BCUT2D eigenvalue weighted by Crippen LogP contribution is 2.24. The van der Waals surface area contributed by atoms with E-state index in [-0.39, 0.29) is 6.54 Å². The molecule has 1 aliphatic rings. The van der Waals surface area contributed by atoms with E-state index in [1.54, 1.807) is 24.3 Å². The second-order valence-corrected chi connectivity index (χ2v) is 3.90. The van der Waals surface area contributed by atoms with Crippen molar-refractivity contribution < 1.29 is 13.2 Å². The van der Waals surface area contributed by atoms with E-state index in [9.17, 15) is 13.2 Å². The van der Waals surface area contributed by atoms with Gasteiger partial charge in [0.1, 0.15) is 0 Å². The van der Waals surface area contributed by atoms with E-state index in [0.29, 0.717) is 5.69 Å². The Bertz CT molecular complexity index is 355. The van der Waals surface area contributed by atoms with Gasteiger partial charge < -0.3 is 4.90 Å². The van der Waals surface area contributed by atoms with Crippen molar-refractivity contribution in [3.8, 4) is 0 Å². The molecule has 88 valence electrons. The number of alkyl halides is 3. The topological polar surface area (TPSA) is 15.3 Å². The number of rotatable bonds is 1. The lowest BCUT2D eigenvalue weighted by Crippen LogP contribution is -2.58. The van der Waals surface area contributed by atoms with E-state index in [2.05, 4.69) is 0 Å². The van der Waals surface area contributed by atoms with Gasteiger partial charge in [0.05, 0.1) is 6.54 Å². The molecular weight excluding hydrogens is 217 g/mol. The van der Waals surface area contributed by atoms with Crippen LogP contribution in [-0.2, 0) is 0 Å². The Hall–Kier alpha value is -1.23. The Morgan fingerprint density at radius 3 is 2.44 bits per heavy atom. The summed E-state index contributed by atoms with van der Waals surface area (Å²) in [5.41, 5.74) is 1.51. The lowest BCUT2D eigenvalue weighted by Gasteiger charge is -2.36. The van der Waals surface area contributed by atoms with Crippen LogP contribution in [0.15, 0.2) is 24.3 Å². The quantitative estimate of drug-likeness (QED) is 0.745. The fourth-order valence-corrected chi connectivity index (χ4v) is 1.72. The second kappa shape index (κ2) is 4.33. The molecule has 1 aliphatic heterocycles. The molecular formula is C11H13F3N2. The molecule has 16 heavy (non-hydrogen) atoms. The van der Waals surface area contributed by atoms with Crippen molar-refractivity contribution in [1.82, 2.24) is 5.32 Å². The SMILES string of the molecule is Cc1ccc(N2CC(F)NC(F)C2F)cc1.